The number of Topliss-reactive ketones (excluding diaryl/α,β-unsaturated/α-hetero) is 1. The van der Waals surface area contributed by atoms with Gasteiger partial charge in [0.2, 0.25) is 0 Å². The van der Waals surface area contributed by atoms with Crippen molar-refractivity contribution >= 4 is 17.9 Å². The highest BCUT2D eigenvalue weighted by Gasteiger charge is 2.16. The van der Waals surface area contributed by atoms with Crippen molar-refractivity contribution in [3.8, 4) is 0 Å². The number of benzene rings is 2. The lowest BCUT2D eigenvalue weighted by atomic mass is 10.1. The zero-order chi connectivity index (χ0) is 13.8. The van der Waals surface area contributed by atoms with Crippen molar-refractivity contribution in [2.75, 3.05) is 0 Å². The van der Waals surface area contributed by atoms with Gasteiger partial charge in [0.05, 0.1) is 0 Å². The second kappa shape index (κ2) is 5.54. The molecule has 0 heterocycles. The van der Waals surface area contributed by atoms with E-state index in [1.165, 1.54) is 0 Å². The Kier molecular flexibility index (Phi) is 3.42. The third-order valence-electron chi connectivity index (χ3n) is 3.21. The van der Waals surface area contributed by atoms with Crippen molar-refractivity contribution in [3.63, 3.8) is 0 Å². The normalized spacial score (nSPS) is 18.1. The molecule has 0 aliphatic heterocycles. The quantitative estimate of drug-likeness (QED) is 0.734. The van der Waals surface area contributed by atoms with Gasteiger partial charge in [0, 0.05) is 11.1 Å². The van der Waals surface area contributed by atoms with E-state index < -0.39 is 0 Å². The Morgan fingerprint density at radius 2 is 1.00 bits per heavy atom. The zero-order valence-electron chi connectivity index (χ0n) is 11.0. The molecule has 2 aromatic carbocycles. The number of carbonyl (C=O) groups is 1. The number of ketones is 1. The first-order chi connectivity index (χ1) is 9.83. The van der Waals surface area contributed by atoms with Gasteiger partial charge >= 0.3 is 0 Å². The number of allylic oxidation sites excluding steroid dienone is 4. The summed E-state index contributed by atoms with van der Waals surface area (Å²) in [5, 5.41) is 0. The minimum absolute atomic E-state index is 0.0812. The topological polar surface area (TPSA) is 17.1 Å². The van der Waals surface area contributed by atoms with Gasteiger partial charge in [0.25, 0.3) is 0 Å². The fraction of sp³-hybridized carbons (Fsp3) is 0. The van der Waals surface area contributed by atoms with E-state index in [-0.39, 0.29) is 5.78 Å². The van der Waals surface area contributed by atoms with Crippen LogP contribution in [0.4, 0.5) is 0 Å². The van der Waals surface area contributed by atoms with Gasteiger partial charge in [-0.25, -0.2) is 0 Å². The predicted molar refractivity (Wildman–Crippen MR) is 83.0 cm³/mol. The first-order valence-corrected chi connectivity index (χ1v) is 6.59. The first kappa shape index (κ1) is 12.4. The summed E-state index contributed by atoms with van der Waals surface area (Å²) in [4.78, 5) is 12.3. The van der Waals surface area contributed by atoms with Crippen molar-refractivity contribution in [1.82, 2.24) is 0 Å². The lowest BCUT2D eigenvalue weighted by Gasteiger charge is -1.97. The Labute approximate surface area is 118 Å². The predicted octanol–water partition coefficient (Wildman–Crippen LogP) is 4.29. The Bertz CT molecular complexity index is 642. The van der Waals surface area contributed by atoms with Crippen molar-refractivity contribution in [3.05, 3.63) is 95.1 Å². The first-order valence-electron chi connectivity index (χ1n) is 6.59. The van der Waals surface area contributed by atoms with E-state index in [0.717, 1.165) is 22.3 Å². The molecule has 0 unspecified atom stereocenters. The van der Waals surface area contributed by atoms with E-state index in [0.29, 0.717) is 0 Å². The van der Waals surface area contributed by atoms with Crippen LogP contribution >= 0.6 is 0 Å². The maximum absolute atomic E-state index is 12.3. The molecule has 1 nitrogen and oxygen atoms in total. The Morgan fingerprint density at radius 3 is 1.40 bits per heavy atom. The lowest BCUT2D eigenvalue weighted by molar-refractivity contribution is -0.111. The molecular weight excluding hydrogens is 244 g/mol. The zero-order valence-corrected chi connectivity index (χ0v) is 11.0. The summed E-state index contributed by atoms with van der Waals surface area (Å²) < 4.78 is 0. The van der Waals surface area contributed by atoms with E-state index >= 15 is 0 Å². The standard InChI is InChI=1S/C19H14O/c20-19-17(13-15-7-3-1-4-8-15)11-12-18(19)14-16-9-5-2-6-10-16/h1-14H/b17-13+,18-14+. The van der Waals surface area contributed by atoms with Gasteiger partial charge in [-0.15, -0.1) is 0 Å². The smallest absolute Gasteiger partial charge is 0.193 e. The summed E-state index contributed by atoms with van der Waals surface area (Å²) >= 11 is 0. The molecule has 96 valence electrons. The molecule has 0 bridgehead atoms. The molecule has 0 saturated heterocycles. The SMILES string of the molecule is O=C1/C(=C/c2ccccc2)C=C/C1=C\c1ccccc1. The third-order valence-corrected chi connectivity index (χ3v) is 3.21. The summed E-state index contributed by atoms with van der Waals surface area (Å²) in [6.45, 7) is 0. The molecule has 0 radical (unpaired) electrons. The second-order valence-electron chi connectivity index (χ2n) is 4.68. The number of hydrogen-bond donors (Lipinski definition) is 0. The Hall–Kier alpha value is -2.67. The van der Waals surface area contributed by atoms with Crippen molar-refractivity contribution in [1.29, 1.82) is 0 Å². The number of rotatable bonds is 2. The summed E-state index contributed by atoms with van der Waals surface area (Å²) in [6.07, 6.45) is 7.60. The van der Waals surface area contributed by atoms with Crippen LogP contribution in [-0.4, -0.2) is 5.78 Å². The number of hydrogen-bond acceptors (Lipinski definition) is 1. The molecule has 0 fully saturated rings. The molecule has 3 rings (SSSR count). The molecule has 2 aromatic rings. The average Bonchev–Trinajstić information content (AvgIpc) is 2.83. The molecule has 0 amide bonds. The van der Waals surface area contributed by atoms with Crippen LogP contribution in [0.25, 0.3) is 12.2 Å². The highest BCUT2D eigenvalue weighted by Crippen LogP contribution is 2.22. The second-order valence-corrected chi connectivity index (χ2v) is 4.68. The van der Waals surface area contributed by atoms with E-state index in [1.54, 1.807) is 0 Å². The van der Waals surface area contributed by atoms with Crippen molar-refractivity contribution in [2.24, 2.45) is 0 Å². The number of carbonyl (C=O) groups excluding carboxylic acids is 1. The summed E-state index contributed by atoms with van der Waals surface area (Å²) in [5.41, 5.74) is 3.56. The average molecular weight is 258 g/mol. The van der Waals surface area contributed by atoms with Gasteiger partial charge in [0.1, 0.15) is 0 Å². The van der Waals surface area contributed by atoms with Gasteiger partial charge in [-0.1, -0.05) is 72.8 Å². The van der Waals surface area contributed by atoms with Crippen LogP contribution in [0.5, 0.6) is 0 Å². The minimum Gasteiger partial charge on any atom is -0.289 e. The van der Waals surface area contributed by atoms with Gasteiger partial charge < -0.3 is 0 Å². The van der Waals surface area contributed by atoms with E-state index in [9.17, 15) is 4.79 Å². The minimum atomic E-state index is 0.0812. The fourth-order valence-electron chi connectivity index (χ4n) is 2.18. The molecule has 1 aliphatic rings. The van der Waals surface area contributed by atoms with Crippen LogP contribution in [0, 0.1) is 0 Å². The van der Waals surface area contributed by atoms with E-state index in [1.807, 2.05) is 85.0 Å². The van der Waals surface area contributed by atoms with E-state index in [4.69, 9.17) is 0 Å². The molecule has 1 heteroatoms. The van der Waals surface area contributed by atoms with Crippen LogP contribution in [-0.2, 0) is 4.79 Å². The van der Waals surface area contributed by atoms with Crippen LogP contribution in [0.1, 0.15) is 11.1 Å². The summed E-state index contributed by atoms with van der Waals surface area (Å²) in [6, 6.07) is 19.8. The molecule has 0 atom stereocenters. The van der Waals surface area contributed by atoms with E-state index in [2.05, 4.69) is 0 Å². The van der Waals surface area contributed by atoms with Crippen molar-refractivity contribution in [2.45, 2.75) is 0 Å². The molecule has 0 N–H and O–H groups in total. The van der Waals surface area contributed by atoms with Gasteiger partial charge in [0.15, 0.2) is 5.78 Å². The van der Waals surface area contributed by atoms with Crippen LogP contribution < -0.4 is 0 Å². The maximum Gasteiger partial charge on any atom is 0.193 e. The fourth-order valence-corrected chi connectivity index (χ4v) is 2.18. The largest absolute Gasteiger partial charge is 0.289 e. The Morgan fingerprint density at radius 1 is 0.600 bits per heavy atom. The highest BCUT2D eigenvalue weighted by atomic mass is 16.1. The van der Waals surface area contributed by atoms with Crippen LogP contribution in [0.15, 0.2) is 84.0 Å². The maximum atomic E-state index is 12.3. The summed E-state index contributed by atoms with van der Waals surface area (Å²) in [7, 11) is 0. The lowest BCUT2D eigenvalue weighted by Crippen LogP contribution is -1.96. The molecular formula is C19H14O. The highest BCUT2D eigenvalue weighted by molar-refractivity contribution is 6.19. The van der Waals surface area contributed by atoms with Gasteiger partial charge in [-0.2, -0.15) is 0 Å². The molecule has 20 heavy (non-hydrogen) atoms. The molecule has 0 spiro atoms. The molecule has 0 saturated carbocycles. The third kappa shape index (κ3) is 2.67. The van der Waals surface area contributed by atoms with Crippen LogP contribution in [0.2, 0.25) is 0 Å². The monoisotopic (exact) mass is 258 g/mol. The van der Waals surface area contributed by atoms with Crippen LogP contribution in [0.3, 0.4) is 0 Å². The van der Waals surface area contributed by atoms with Gasteiger partial charge in [-0.05, 0) is 23.3 Å². The molecule has 0 aromatic heterocycles. The summed E-state index contributed by atoms with van der Waals surface area (Å²) in [5.74, 6) is 0.0812. The molecule has 1 aliphatic carbocycles. The Balaban J connectivity index is 1.87. The van der Waals surface area contributed by atoms with Crippen molar-refractivity contribution < 1.29 is 4.79 Å². The van der Waals surface area contributed by atoms with Gasteiger partial charge in [-0.3, -0.25) is 4.79 Å².